The van der Waals surface area contributed by atoms with Crippen molar-refractivity contribution < 1.29 is 9.53 Å². The molecule has 7 heteroatoms. The minimum absolute atomic E-state index is 0.0247. The van der Waals surface area contributed by atoms with E-state index in [0.29, 0.717) is 22.8 Å². The maximum Gasteiger partial charge on any atom is 0.251 e. The molecule has 1 aromatic heterocycles. The highest BCUT2D eigenvalue weighted by molar-refractivity contribution is 6.01. The van der Waals surface area contributed by atoms with Gasteiger partial charge >= 0.3 is 0 Å². The molecule has 0 spiro atoms. The van der Waals surface area contributed by atoms with E-state index in [4.69, 9.17) is 10.1 Å². The summed E-state index contributed by atoms with van der Waals surface area (Å²) in [7, 11) is 3.92. The lowest BCUT2D eigenvalue weighted by molar-refractivity contribution is 0.0912. The van der Waals surface area contributed by atoms with Crippen LogP contribution in [-0.4, -0.2) is 54.7 Å². The van der Waals surface area contributed by atoms with Gasteiger partial charge < -0.3 is 25.7 Å². The first-order valence-corrected chi connectivity index (χ1v) is 12.0. The second-order valence-electron chi connectivity index (χ2n) is 9.17. The normalized spacial score (nSPS) is 15.9. The Labute approximate surface area is 207 Å². The van der Waals surface area contributed by atoms with Gasteiger partial charge in [0.05, 0.1) is 5.69 Å². The highest BCUT2D eigenvalue weighted by atomic mass is 16.5. The van der Waals surface area contributed by atoms with Crippen LogP contribution in [0.15, 0.2) is 54.7 Å². The molecule has 0 unspecified atom stereocenters. The molecule has 1 fully saturated rings. The van der Waals surface area contributed by atoms with Gasteiger partial charge in [0, 0.05) is 66.1 Å². The van der Waals surface area contributed by atoms with Crippen LogP contribution in [0.4, 0.5) is 5.69 Å². The fourth-order valence-electron chi connectivity index (χ4n) is 4.51. The number of anilines is 1. The average molecular weight is 472 g/mol. The fraction of sp³-hybridized carbons (Fsp3) is 0.321. The van der Waals surface area contributed by atoms with E-state index in [0.717, 1.165) is 54.0 Å². The minimum atomic E-state index is -0.0247. The summed E-state index contributed by atoms with van der Waals surface area (Å²) in [6, 6.07) is 15.3. The molecule has 0 radical (unpaired) electrons. The molecule has 2 aromatic carbocycles. The van der Waals surface area contributed by atoms with Crippen molar-refractivity contribution in [1.82, 2.24) is 15.2 Å². The molecule has 4 rings (SSSR count). The predicted octanol–water partition coefficient (Wildman–Crippen LogP) is 5.10. The second kappa shape index (κ2) is 10.7. The van der Waals surface area contributed by atoms with Crippen molar-refractivity contribution in [2.75, 3.05) is 32.5 Å². The molecule has 182 valence electrons. The molecule has 7 nitrogen and oxygen atoms in total. The van der Waals surface area contributed by atoms with E-state index in [9.17, 15) is 4.79 Å². The van der Waals surface area contributed by atoms with Crippen LogP contribution >= 0.6 is 0 Å². The highest BCUT2D eigenvalue weighted by Gasteiger charge is 2.20. The number of carbonyl (C=O) groups excluding carboxylic acids is 1. The molecule has 0 saturated carbocycles. The zero-order valence-electron chi connectivity index (χ0n) is 20.8. The molecule has 1 aliphatic rings. The number of ether oxygens (including phenoxy) is 1. The average Bonchev–Trinajstić information content (AvgIpc) is 2.83. The molecule has 1 amide bonds. The first-order chi connectivity index (χ1) is 16.8. The Balaban J connectivity index is 1.50. The Morgan fingerprint density at radius 2 is 1.89 bits per heavy atom. The Hall–Kier alpha value is -3.71. The van der Waals surface area contributed by atoms with Crippen molar-refractivity contribution in [3.63, 3.8) is 0 Å². The van der Waals surface area contributed by atoms with Crippen molar-refractivity contribution in [3.05, 3.63) is 71.4 Å². The number of piperidine rings is 1. The number of hydrogen-bond acceptors (Lipinski definition) is 6. The summed E-state index contributed by atoms with van der Waals surface area (Å²) >= 11 is 0. The summed E-state index contributed by atoms with van der Waals surface area (Å²) < 4.78 is 6.08. The van der Waals surface area contributed by atoms with Gasteiger partial charge in [0.15, 0.2) is 0 Å². The van der Waals surface area contributed by atoms with Gasteiger partial charge in [0.1, 0.15) is 11.5 Å². The Kier molecular flexibility index (Phi) is 7.46. The Morgan fingerprint density at radius 1 is 1.11 bits per heavy atom. The molecule has 3 N–H and O–H groups in total. The lowest BCUT2D eigenvalue weighted by atomic mass is 10.0. The van der Waals surface area contributed by atoms with Gasteiger partial charge in [-0.25, -0.2) is 0 Å². The lowest BCUT2D eigenvalue weighted by Gasteiger charge is -2.30. The largest absolute Gasteiger partial charge is 0.457 e. The smallest absolute Gasteiger partial charge is 0.251 e. The molecule has 1 aliphatic heterocycles. The van der Waals surface area contributed by atoms with Crippen LogP contribution in [0.3, 0.4) is 0 Å². The number of aromatic nitrogens is 1. The van der Waals surface area contributed by atoms with Crippen molar-refractivity contribution in [2.45, 2.75) is 32.7 Å². The SMILES string of the molecule is CNc1cc(Oc2ccnc(-c3ccc(C(=O)N[C@@H]4CCCN(C)C4)c(C)c3)c2)ccc1C(C)=N. The van der Waals surface area contributed by atoms with Gasteiger partial charge in [-0.1, -0.05) is 6.07 Å². The number of carbonyl (C=O) groups is 1. The number of likely N-dealkylation sites (tertiary alicyclic amines) is 1. The number of amides is 1. The van der Waals surface area contributed by atoms with Crippen molar-refractivity contribution in [1.29, 1.82) is 5.41 Å². The third-order valence-corrected chi connectivity index (χ3v) is 6.36. The van der Waals surface area contributed by atoms with E-state index < -0.39 is 0 Å². The molecule has 1 atom stereocenters. The third kappa shape index (κ3) is 5.87. The van der Waals surface area contributed by atoms with Crippen molar-refractivity contribution in [3.8, 4) is 22.8 Å². The van der Waals surface area contributed by atoms with E-state index in [-0.39, 0.29) is 11.9 Å². The molecule has 35 heavy (non-hydrogen) atoms. The van der Waals surface area contributed by atoms with Gasteiger partial charge in [-0.05, 0) is 76.2 Å². The number of pyridine rings is 1. The van der Waals surface area contributed by atoms with Crippen molar-refractivity contribution in [2.24, 2.45) is 0 Å². The van der Waals surface area contributed by atoms with Crippen LogP contribution in [0, 0.1) is 12.3 Å². The summed E-state index contributed by atoms with van der Waals surface area (Å²) in [5.41, 5.74) is 5.47. The van der Waals surface area contributed by atoms with E-state index >= 15 is 0 Å². The number of rotatable bonds is 7. The lowest BCUT2D eigenvalue weighted by Crippen LogP contribution is -2.46. The number of likely N-dealkylation sites (N-methyl/N-ethyl adjacent to an activating group) is 1. The standard InChI is InChI=1S/C28H33N5O2/c1-18-14-20(7-9-24(18)28(34)32-21-6-5-13-33(4)17-21)26-15-23(11-12-31-26)35-22-8-10-25(19(2)29)27(16-22)30-3/h7-12,14-16,21,29-30H,5-6,13,17H2,1-4H3,(H,32,34)/t21-/m1/s1. The Bertz CT molecular complexity index is 1240. The van der Waals surface area contributed by atoms with Gasteiger partial charge in [-0.3, -0.25) is 9.78 Å². The molecule has 2 heterocycles. The molecule has 1 saturated heterocycles. The van der Waals surface area contributed by atoms with Crippen LogP contribution in [0.5, 0.6) is 11.5 Å². The highest BCUT2D eigenvalue weighted by Crippen LogP contribution is 2.30. The third-order valence-electron chi connectivity index (χ3n) is 6.36. The summed E-state index contributed by atoms with van der Waals surface area (Å²) in [5.74, 6) is 1.31. The van der Waals surface area contributed by atoms with Gasteiger partial charge in [0.2, 0.25) is 0 Å². The monoisotopic (exact) mass is 471 g/mol. The Morgan fingerprint density at radius 3 is 2.60 bits per heavy atom. The van der Waals surface area contributed by atoms with E-state index in [1.807, 2.05) is 62.5 Å². The summed E-state index contributed by atoms with van der Waals surface area (Å²) in [4.78, 5) is 19.7. The van der Waals surface area contributed by atoms with Crippen LogP contribution in [0.1, 0.15) is 41.3 Å². The number of nitrogens with one attached hydrogen (secondary N) is 3. The van der Waals surface area contributed by atoms with Gasteiger partial charge in [-0.15, -0.1) is 0 Å². The molecule has 0 bridgehead atoms. The number of benzene rings is 2. The molecule has 3 aromatic rings. The van der Waals surface area contributed by atoms with Gasteiger partial charge in [0.25, 0.3) is 5.91 Å². The quantitative estimate of drug-likeness (QED) is 0.417. The van der Waals surface area contributed by atoms with E-state index in [1.54, 1.807) is 13.1 Å². The van der Waals surface area contributed by atoms with Crippen molar-refractivity contribution >= 4 is 17.3 Å². The first-order valence-electron chi connectivity index (χ1n) is 12.0. The van der Waals surface area contributed by atoms with E-state index in [2.05, 4.69) is 27.6 Å². The number of aryl methyl sites for hydroxylation is 1. The van der Waals surface area contributed by atoms with Crippen LogP contribution in [-0.2, 0) is 0 Å². The van der Waals surface area contributed by atoms with E-state index in [1.165, 1.54) is 0 Å². The second-order valence-corrected chi connectivity index (χ2v) is 9.17. The maximum absolute atomic E-state index is 12.9. The first kappa shape index (κ1) is 24.4. The molecular formula is C28H33N5O2. The molecular weight excluding hydrogens is 438 g/mol. The zero-order chi connectivity index (χ0) is 24.9. The summed E-state index contributed by atoms with van der Waals surface area (Å²) in [6.45, 7) is 5.69. The van der Waals surface area contributed by atoms with Crippen LogP contribution in [0.25, 0.3) is 11.3 Å². The van der Waals surface area contributed by atoms with Crippen LogP contribution in [0.2, 0.25) is 0 Å². The topological polar surface area (TPSA) is 90.3 Å². The minimum Gasteiger partial charge on any atom is -0.457 e. The fourth-order valence-corrected chi connectivity index (χ4v) is 4.51. The number of nitrogens with zero attached hydrogens (tertiary/aromatic N) is 2. The summed E-state index contributed by atoms with van der Waals surface area (Å²) in [5, 5.41) is 14.2. The number of hydrogen-bond donors (Lipinski definition) is 3. The molecule has 0 aliphatic carbocycles. The maximum atomic E-state index is 12.9. The predicted molar refractivity (Wildman–Crippen MR) is 141 cm³/mol. The van der Waals surface area contributed by atoms with Crippen LogP contribution < -0.4 is 15.4 Å². The van der Waals surface area contributed by atoms with Gasteiger partial charge in [-0.2, -0.15) is 0 Å². The summed E-state index contributed by atoms with van der Waals surface area (Å²) in [6.07, 6.45) is 3.84. The zero-order valence-corrected chi connectivity index (χ0v) is 20.8.